The molecule has 5 nitrogen and oxygen atoms in total. The Kier molecular flexibility index (Phi) is 9.72. The zero-order chi connectivity index (χ0) is 22.9. The molecule has 1 aliphatic heterocycles. The van der Waals surface area contributed by atoms with E-state index in [9.17, 15) is 9.59 Å². The number of benzene rings is 2. The Balaban J connectivity index is 1.60. The van der Waals surface area contributed by atoms with Crippen molar-refractivity contribution in [2.24, 2.45) is 0 Å². The van der Waals surface area contributed by atoms with Gasteiger partial charge < -0.3 is 10.6 Å². The summed E-state index contributed by atoms with van der Waals surface area (Å²) in [5.41, 5.74) is 1.58. The van der Waals surface area contributed by atoms with Gasteiger partial charge in [0.2, 0.25) is 5.91 Å². The number of nitrogens with zero attached hydrogens (tertiary/aromatic N) is 1. The standard InChI is InChI=1S/C24H29Cl2N3O2S/c1-32-13-11-22(28-23(30)20-10-9-18(25)14-21(20)26)24(31)27-19-8-5-12-29(16-19)15-17-6-3-2-4-7-17/h2-4,6-7,9-10,14,19,22H,5,8,11-13,15-16H2,1H3,(H,27,31)(H,28,30). The third-order valence-corrected chi connectivity index (χ3v) is 6.70. The minimum Gasteiger partial charge on any atom is -0.350 e. The lowest BCUT2D eigenvalue weighted by atomic mass is 10.0. The van der Waals surface area contributed by atoms with E-state index in [1.807, 2.05) is 24.5 Å². The molecular weight excluding hydrogens is 465 g/mol. The van der Waals surface area contributed by atoms with Crippen LogP contribution in [0.1, 0.15) is 35.2 Å². The smallest absolute Gasteiger partial charge is 0.253 e. The number of nitrogens with one attached hydrogen (secondary N) is 2. The van der Waals surface area contributed by atoms with E-state index < -0.39 is 6.04 Å². The number of piperidine rings is 1. The maximum atomic E-state index is 13.1. The van der Waals surface area contributed by atoms with Crippen molar-refractivity contribution < 1.29 is 9.59 Å². The quantitative estimate of drug-likeness (QED) is 0.534. The van der Waals surface area contributed by atoms with Gasteiger partial charge in [0.05, 0.1) is 10.6 Å². The lowest BCUT2D eigenvalue weighted by Gasteiger charge is -2.34. The fourth-order valence-corrected chi connectivity index (χ4v) is 4.84. The number of hydrogen-bond donors (Lipinski definition) is 2. The predicted molar refractivity (Wildman–Crippen MR) is 134 cm³/mol. The van der Waals surface area contributed by atoms with Gasteiger partial charge in [0.15, 0.2) is 0 Å². The summed E-state index contributed by atoms with van der Waals surface area (Å²) < 4.78 is 0. The highest BCUT2D eigenvalue weighted by atomic mass is 35.5. The highest BCUT2D eigenvalue weighted by molar-refractivity contribution is 7.98. The van der Waals surface area contributed by atoms with Gasteiger partial charge >= 0.3 is 0 Å². The van der Waals surface area contributed by atoms with Crippen molar-refractivity contribution in [3.05, 3.63) is 69.7 Å². The largest absolute Gasteiger partial charge is 0.350 e. The van der Waals surface area contributed by atoms with Gasteiger partial charge in [-0.25, -0.2) is 0 Å². The van der Waals surface area contributed by atoms with Gasteiger partial charge in [-0.1, -0.05) is 53.5 Å². The third-order valence-electron chi connectivity index (χ3n) is 5.51. The van der Waals surface area contributed by atoms with Crippen molar-refractivity contribution >= 4 is 46.8 Å². The Morgan fingerprint density at radius 1 is 1.19 bits per heavy atom. The van der Waals surface area contributed by atoms with Crippen LogP contribution >= 0.6 is 35.0 Å². The fraction of sp³-hybridized carbons (Fsp3) is 0.417. The van der Waals surface area contributed by atoms with E-state index in [2.05, 4.69) is 27.7 Å². The highest BCUT2D eigenvalue weighted by Crippen LogP contribution is 2.21. The SMILES string of the molecule is CSCCC(NC(=O)c1ccc(Cl)cc1Cl)C(=O)NC1CCCN(Cc2ccccc2)C1. The monoisotopic (exact) mass is 493 g/mol. The molecular formula is C24H29Cl2N3O2S. The van der Waals surface area contributed by atoms with Crippen LogP contribution in [-0.2, 0) is 11.3 Å². The molecule has 0 saturated carbocycles. The minimum atomic E-state index is -0.619. The summed E-state index contributed by atoms with van der Waals surface area (Å²) in [6.07, 6.45) is 4.49. The summed E-state index contributed by atoms with van der Waals surface area (Å²) in [5.74, 6) is 0.239. The summed E-state index contributed by atoms with van der Waals surface area (Å²) in [7, 11) is 0. The molecule has 2 aromatic carbocycles. The molecule has 1 aliphatic rings. The molecule has 32 heavy (non-hydrogen) atoms. The van der Waals surface area contributed by atoms with E-state index >= 15 is 0 Å². The molecule has 0 spiro atoms. The Hall–Kier alpha value is -1.73. The topological polar surface area (TPSA) is 61.4 Å². The Morgan fingerprint density at radius 2 is 1.97 bits per heavy atom. The molecule has 2 N–H and O–H groups in total. The molecule has 1 saturated heterocycles. The van der Waals surface area contributed by atoms with Crippen LogP contribution in [0.2, 0.25) is 10.0 Å². The highest BCUT2D eigenvalue weighted by Gasteiger charge is 2.27. The fourth-order valence-electron chi connectivity index (χ4n) is 3.87. The first-order valence-electron chi connectivity index (χ1n) is 10.8. The second-order valence-electron chi connectivity index (χ2n) is 8.00. The lowest BCUT2D eigenvalue weighted by molar-refractivity contribution is -0.124. The molecule has 0 aliphatic carbocycles. The molecule has 0 bridgehead atoms. The van der Waals surface area contributed by atoms with Gasteiger partial charge in [-0.05, 0) is 61.6 Å². The first kappa shape index (κ1) is 24.9. The van der Waals surface area contributed by atoms with E-state index in [1.165, 1.54) is 11.6 Å². The van der Waals surface area contributed by atoms with Crippen molar-refractivity contribution in [2.75, 3.05) is 25.1 Å². The number of halogens is 2. The second-order valence-corrected chi connectivity index (χ2v) is 9.83. The lowest BCUT2D eigenvalue weighted by Crippen LogP contribution is -2.53. The van der Waals surface area contributed by atoms with Crippen molar-refractivity contribution in [2.45, 2.75) is 37.9 Å². The summed E-state index contributed by atoms with van der Waals surface area (Å²) in [4.78, 5) is 28.2. The van der Waals surface area contributed by atoms with Crippen molar-refractivity contribution in [3.8, 4) is 0 Å². The number of thioether (sulfide) groups is 1. The number of carbonyl (C=O) groups is 2. The molecule has 1 heterocycles. The van der Waals surface area contributed by atoms with Crippen LogP contribution in [0.25, 0.3) is 0 Å². The molecule has 8 heteroatoms. The molecule has 0 aromatic heterocycles. The first-order valence-corrected chi connectivity index (χ1v) is 12.9. The summed E-state index contributed by atoms with van der Waals surface area (Å²) in [6.45, 7) is 2.69. The number of amides is 2. The van der Waals surface area contributed by atoms with Crippen LogP contribution < -0.4 is 10.6 Å². The van der Waals surface area contributed by atoms with Crippen LogP contribution in [0.5, 0.6) is 0 Å². The summed E-state index contributed by atoms with van der Waals surface area (Å²) in [6, 6.07) is 14.5. The summed E-state index contributed by atoms with van der Waals surface area (Å²) >= 11 is 13.7. The second kappa shape index (κ2) is 12.5. The normalized spacial score (nSPS) is 17.5. The van der Waals surface area contributed by atoms with Gasteiger partial charge in [-0.15, -0.1) is 0 Å². The van der Waals surface area contributed by atoms with Gasteiger partial charge in [0.1, 0.15) is 6.04 Å². The average molecular weight is 494 g/mol. The van der Waals surface area contributed by atoms with Crippen molar-refractivity contribution in [3.63, 3.8) is 0 Å². The molecule has 2 amide bonds. The minimum absolute atomic E-state index is 0.0627. The van der Waals surface area contributed by atoms with Crippen LogP contribution in [-0.4, -0.2) is 53.9 Å². The molecule has 2 aromatic rings. The number of carbonyl (C=O) groups excluding carboxylic acids is 2. The van der Waals surface area contributed by atoms with Gasteiger partial charge in [0, 0.05) is 24.2 Å². The average Bonchev–Trinajstić information content (AvgIpc) is 2.77. The molecule has 172 valence electrons. The van der Waals surface area contributed by atoms with Gasteiger partial charge in [-0.3, -0.25) is 14.5 Å². The third kappa shape index (κ3) is 7.41. The predicted octanol–water partition coefficient (Wildman–Crippen LogP) is 4.63. The van der Waals surface area contributed by atoms with Crippen LogP contribution in [0.4, 0.5) is 0 Å². The van der Waals surface area contributed by atoms with Crippen LogP contribution in [0.3, 0.4) is 0 Å². The van der Waals surface area contributed by atoms with Crippen LogP contribution in [0, 0.1) is 0 Å². The Labute approximate surface area is 204 Å². The first-order chi connectivity index (χ1) is 15.5. The van der Waals surface area contributed by atoms with Crippen molar-refractivity contribution in [1.82, 2.24) is 15.5 Å². The van der Waals surface area contributed by atoms with Gasteiger partial charge in [-0.2, -0.15) is 11.8 Å². The number of hydrogen-bond acceptors (Lipinski definition) is 4. The van der Waals surface area contributed by atoms with Crippen molar-refractivity contribution in [1.29, 1.82) is 0 Å². The zero-order valence-electron chi connectivity index (χ0n) is 18.2. The number of rotatable bonds is 9. The molecule has 2 atom stereocenters. The maximum absolute atomic E-state index is 13.1. The van der Waals surface area contributed by atoms with Crippen LogP contribution in [0.15, 0.2) is 48.5 Å². The number of likely N-dealkylation sites (tertiary alicyclic amines) is 1. The Morgan fingerprint density at radius 3 is 2.69 bits per heavy atom. The van der Waals surface area contributed by atoms with E-state index in [4.69, 9.17) is 23.2 Å². The Bertz CT molecular complexity index is 913. The molecule has 0 radical (unpaired) electrons. The maximum Gasteiger partial charge on any atom is 0.253 e. The molecule has 3 rings (SSSR count). The zero-order valence-corrected chi connectivity index (χ0v) is 20.5. The van der Waals surface area contributed by atoms with E-state index in [0.717, 1.165) is 38.2 Å². The van der Waals surface area contributed by atoms with E-state index in [0.29, 0.717) is 17.0 Å². The van der Waals surface area contributed by atoms with E-state index in [1.54, 1.807) is 23.9 Å². The van der Waals surface area contributed by atoms with Gasteiger partial charge in [0.25, 0.3) is 5.91 Å². The molecule has 1 fully saturated rings. The van der Waals surface area contributed by atoms with E-state index in [-0.39, 0.29) is 22.9 Å². The summed E-state index contributed by atoms with van der Waals surface area (Å²) in [5, 5.41) is 6.75. The molecule has 2 unspecified atom stereocenters.